The van der Waals surface area contributed by atoms with Crippen LogP contribution in [0.5, 0.6) is 0 Å². The predicted octanol–water partition coefficient (Wildman–Crippen LogP) is 1.80. The van der Waals surface area contributed by atoms with Crippen molar-refractivity contribution in [2.24, 2.45) is 7.05 Å². The third-order valence-electron chi connectivity index (χ3n) is 2.79. The smallest absolute Gasteiger partial charge is 0.129 e. The molecular weight excluding hydrogens is 214 g/mol. The number of aryl methyl sites for hydroxylation is 2. The third kappa shape index (κ3) is 2.49. The second-order valence-electron chi connectivity index (χ2n) is 4.20. The van der Waals surface area contributed by atoms with Gasteiger partial charge in [0.1, 0.15) is 5.82 Å². The van der Waals surface area contributed by atoms with Crippen LogP contribution in [0.4, 0.5) is 5.82 Å². The fraction of sp³-hybridized carbons (Fsp3) is 0.500. The summed E-state index contributed by atoms with van der Waals surface area (Å²) in [4.78, 5) is 4.06. The lowest BCUT2D eigenvalue weighted by molar-refractivity contribution is 0.755. The fourth-order valence-electron chi connectivity index (χ4n) is 1.92. The minimum atomic E-state index is 0.811. The molecule has 2 heterocycles. The second kappa shape index (κ2) is 5.03. The van der Waals surface area contributed by atoms with E-state index in [9.17, 15) is 0 Å². The van der Waals surface area contributed by atoms with Crippen molar-refractivity contribution in [2.45, 2.75) is 26.8 Å². The van der Waals surface area contributed by atoms with Crippen LogP contribution in [0.3, 0.4) is 0 Å². The van der Waals surface area contributed by atoms with Gasteiger partial charge in [-0.1, -0.05) is 6.92 Å². The van der Waals surface area contributed by atoms with Crippen LogP contribution in [0, 0.1) is 6.92 Å². The molecule has 1 N–H and O–H groups in total. The average molecular weight is 233 g/mol. The lowest BCUT2D eigenvalue weighted by Crippen LogP contribution is -2.08. The Bertz CT molecular complexity index is 469. The molecule has 0 radical (unpaired) electrons. The molecule has 92 valence electrons. The van der Waals surface area contributed by atoms with E-state index in [1.807, 2.05) is 31.2 Å². The van der Waals surface area contributed by atoms with Gasteiger partial charge in [-0.2, -0.15) is 5.10 Å². The molecule has 2 aromatic rings. The zero-order valence-corrected chi connectivity index (χ0v) is 10.6. The number of hydrogen-bond donors (Lipinski definition) is 1. The number of aromatic nitrogens is 4. The highest BCUT2D eigenvalue weighted by molar-refractivity contribution is 5.47. The van der Waals surface area contributed by atoms with Crippen molar-refractivity contribution >= 4 is 5.82 Å². The topological polar surface area (TPSA) is 47.7 Å². The molecule has 17 heavy (non-hydrogen) atoms. The monoisotopic (exact) mass is 233 g/mol. The van der Waals surface area contributed by atoms with Gasteiger partial charge in [0.2, 0.25) is 0 Å². The summed E-state index contributed by atoms with van der Waals surface area (Å²) in [6.07, 6.45) is 6.70. The highest BCUT2D eigenvalue weighted by Gasteiger charge is 2.12. The first-order valence-corrected chi connectivity index (χ1v) is 5.94. The maximum absolute atomic E-state index is 4.46. The molecule has 0 saturated carbocycles. The summed E-state index contributed by atoms with van der Waals surface area (Å²) in [5.41, 5.74) is 2.30. The predicted molar refractivity (Wildman–Crippen MR) is 68.1 cm³/mol. The van der Waals surface area contributed by atoms with E-state index in [0.29, 0.717) is 0 Å². The summed E-state index contributed by atoms with van der Waals surface area (Å²) in [6, 6.07) is 0. The molecule has 0 aliphatic rings. The van der Waals surface area contributed by atoms with Crippen molar-refractivity contribution in [1.82, 2.24) is 19.3 Å². The van der Waals surface area contributed by atoms with E-state index in [0.717, 1.165) is 31.0 Å². The minimum Gasteiger partial charge on any atom is -0.370 e. The van der Waals surface area contributed by atoms with Gasteiger partial charge in [-0.05, 0) is 13.3 Å². The minimum absolute atomic E-state index is 0.811. The Morgan fingerprint density at radius 2 is 2.24 bits per heavy atom. The van der Waals surface area contributed by atoms with Crippen LogP contribution in [0.1, 0.15) is 24.6 Å². The van der Waals surface area contributed by atoms with E-state index < -0.39 is 0 Å². The zero-order valence-electron chi connectivity index (χ0n) is 10.6. The summed E-state index contributed by atoms with van der Waals surface area (Å²) < 4.78 is 3.97. The number of rotatable bonds is 5. The van der Waals surface area contributed by atoms with Gasteiger partial charge < -0.3 is 9.88 Å². The Balaban J connectivity index is 2.25. The SMILES string of the molecule is CCCNc1c(Cn2ccnc2)c(C)nn1C. The van der Waals surface area contributed by atoms with Gasteiger partial charge in [-0.15, -0.1) is 0 Å². The Labute approximate surface area is 101 Å². The van der Waals surface area contributed by atoms with Gasteiger partial charge in [-0.3, -0.25) is 4.68 Å². The molecular formula is C12H19N5. The van der Waals surface area contributed by atoms with Gasteiger partial charge >= 0.3 is 0 Å². The van der Waals surface area contributed by atoms with Crippen molar-refractivity contribution in [3.63, 3.8) is 0 Å². The Hall–Kier alpha value is -1.78. The van der Waals surface area contributed by atoms with E-state index in [1.54, 1.807) is 6.20 Å². The summed E-state index contributed by atoms with van der Waals surface area (Å²) >= 11 is 0. The normalized spacial score (nSPS) is 10.8. The molecule has 2 aromatic heterocycles. The Morgan fingerprint density at radius 1 is 1.41 bits per heavy atom. The van der Waals surface area contributed by atoms with Crippen molar-refractivity contribution in [3.8, 4) is 0 Å². The largest absolute Gasteiger partial charge is 0.370 e. The number of hydrogen-bond acceptors (Lipinski definition) is 3. The van der Waals surface area contributed by atoms with E-state index >= 15 is 0 Å². The van der Waals surface area contributed by atoms with E-state index in [2.05, 4.69) is 26.9 Å². The lowest BCUT2D eigenvalue weighted by atomic mass is 10.2. The van der Waals surface area contributed by atoms with Crippen LogP contribution in [-0.4, -0.2) is 25.9 Å². The standard InChI is InChI=1S/C12H19N5/c1-4-5-14-12-11(10(2)15-16(12)3)8-17-7-6-13-9-17/h6-7,9,14H,4-5,8H2,1-3H3. The number of nitrogens with one attached hydrogen (secondary N) is 1. The van der Waals surface area contributed by atoms with Crippen LogP contribution in [0.25, 0.3) is 0 Å². The molecule has 2 rings (SSSR count). The van der Waals surface area contributed by atoms with Crippen LogP contribution in [0.2, 0.25) is 0 Å². The van der Waals surface area contributed by atoms with Gasteiger partial charge in [0.05, 0.1) is 18.6 Å². The van der Waals surface area contributed by atoms with Crippen molar-refractivity contribution in [2.75, 3.05) is 11.9 Å². The molecule has 0 fully saturated rings. The molecule has 0 aliphatic carbocycles. The van der Waals surface area contributed by atoms with E-state index in [4.69, 9.17) is 0 Å². The molecule has 0 amide bonds. The van der Waals surface area contributed by atoms with Gasteiger partial charge in [0, 0.05) is 31.5 Å². The lowest BCUT2D eigenvalue weighted by Gasteiger charge is -2.09. The van der Waals surface area contributed by atoms with Crippen molar-refractivity contribution in [1.29, 1.82) is 0 Å². The molecule has 5 nitrogen and oxygen atoms in total. The first-order chi connectivity index (χ1) is 8.22. The quantitative estimate of drug-likeness (QED) is 0.856. The molecule has 0 bridgehead atoms. The maximum atomic E-state index is 4.46. The molecule has 0 aliphatic heterocycles. The number of imidazole rings is 1. The van der Waals surface area contributed by atoms with Crippen LogP contribution < -0.4 is 5.32 Å². The first-order valence-electron chi connectivity index (χ1n) is 5.94. The zero-order chi connectivity index (χ0) is 12.3. The van der Waals surface area contributed by atoms with E-state index in [1.165, 1.54) is 5.56 Å². The van der Waals surface area contributed by atoms with Crippen LogP contribution in [-0.2, 0) is 13.6 Å². The van der Waals surface area contributed by atoms with Crippen molar-refractivity contribution in [3.05, 3.63) is 30.0 Å². The number of nitrogens with zero attached hydrogens (tertiary/aromatic N) is 4. The highest BCUT2D eigenvalue weighted by Crippen LogP contribution is 2.19. The Morgan fingerprint density at radius 3 is 2.88 bits per heavy atom. The Kier molecular flexibility index (Phi) is 3.46. The summed E-state index contributed by atoms with van der Waals surface area (Å²) in [5.74, 6) is 1.11. The van der Waals surface area contributed by atoms with Gasteiger partial charge in [0.25, 0.3) is 0 Å². The van der Waals surface area contributed by atoms with Gasteiger partial charge in [0.15, 0.2) is 0 Å². The van der Waals surface area contributed by atoms with Crippen LogP contribution in [0.15, 0.2) is 18.7 Å². The third-order valence-corrected chi connectivity index (χ3v) is 2.79. The summed E-state index contributed by atoms with van der Waals surface area (Å²) in [5, 5.41) is 7.90. The van der Waals surface area contributed by atoms with Crippen LogP contribution >= 0.6 is 0 Å². The second-order valence-corrected chi connectivity index (χ2v) is 4.20. The highest BCUT2D eigenvalue weighted by atomic mass is 15.3. The average Bonchev–Trinajstić information content (AvgIpc) is 2.88. The van der Waals surface area contributed by atoms with Crippen molar-refractivity contribution < 1.29 is 0 Å². The molecule has 0 unspecified atom stereocenters. The summed E-state index contributed by atoms with van der Waals surface area (Å²) in [6.45, 7) is 5.98. The molecule has 5 heteroatoms. The fourth-order valence-corrected chi connectivity index (χ4v) is 1.92. The van der Waals surface area contributed by atoms with E-state index in [-0.39, 0.29) is 0 Å². The molecule has 0 atom stereocenters. The molecule has 0 aromatic carbocycles. The first kappa shape index (κ1) is 11.7. The maximum Gasteiger partial charge on any atom is 0.129 e. The number of anilines is 1. The van der Waals surface area contributed by atoms with Gasteiger partial charge in [-0.25, -0.2) is 4.98 Å². The molecule has 0 spiro atoms. The summed E-state index contributed by atoms with van der Waals surface area (Å²) in [7, 11) is 1.97. The molecule has 0 saturated heterocycles.